The van der Waals surface area contributed by atoms with Crippen LogP contribution in [0.15, 0.2) is 36.4 Å². The van der Waals surface area contributed by atoms with Gasteiger partial charge in [0, 0.05) is 5.56 Å². The Morgan fingerprint density at radius 3 is 2.39 bits per heavy atom. The number of hydrogen-bond acceptors (Lipinski definition) is 4. The van der Waals surface area contributed by atoms with E-state index in [4.69, 9.17) is 9.84 Å². The monoisotopic (exact) mass is 245 g/mol. The van der Waals surface area contributed by atoms with E-state index in [9.17, 15) is 9.90 Å². The highest BCUT2D eigenvalue weighted by Crippen LogP contribution is 2.24. The predicted molar refractivity (Wildman–Crippen MR) is 64.8 cm³/mol. The number of aromatic nitrogens is 1. The first-order valence-corrected chi connectivity index (χ1v) is 5.19. The topological polar surface area (TPSA) is 79.7 Å². The summed E-state index contributed by atoms with van der Waals surface area (Å²) in [5.74, 6) is -0.904. The molecule has 0 aliphatic heterocycles. The maximum absolute atomic E-state index is 10.9. The maximum Gasteiger partial charge on any atom is 0.358 e. The summed E-state index contributed by atoms with van der Waals surface area (Å²) in [5.41, 5.74) is 0.870. The average Bonchev–Trinajstić information content (AvgIpc) is 2.39. The molecule has 0 fully saturated rings. The number of aromatic carboxylic acids is 1. The lowest BCUT2D eigenvalue weighted by molar-refractivity contribution is 0.0687. The number of ether oxygens (including phenoxy) is 1. The molecule has 0 radical (unpaired) electrons. The number of carboxylic acids is 1. The van der Waals surface area contributed by atoms with Crippen molar-refractivity contribution in [2.45, 2.75) is 0 Å². The molecule has 0 saturated carbocycles. The predicted octanol–water partition coefficient (Wildman–Crippen LogP) is 2.16. The zero-order valence-corrected chi connectivity index (χ0v) is 9.62. The number of hydrogen-bond donors (Lipinski definition) is 2. The largest absolute Gasteiger partial charge is 0.505 e. The van der Waals surface area contributed by atoms with Crippen molar-refractivity contribution in [3.05, 3.63) is 42.1 Å². The number of benzene rings is 1. The van der Waals surface area contributed by atoms with Crippen molar-refractivity contribution < 1.29 is 19.7 Å². The number of nitrogens with zero attached hydrogens (tertiary/aromatic N) is 1. The maximum atomic E-state index is 10.9. The van der Waals surface area contributed by atoms with Gasteiger partial charge >= 0.3 is 5.97 Å². The number of carbonyl (C=O) groups is 1. The van der Waals surface area contributed by atoms with E-state index >= 15 is 0 Å². The Kier molecular flexibility index (Phi) is 3.14. The van der Waals surface area contributed by atoms with Gasteiger partial charge in [0.2, 0.25) is 0 Å². The number of pyridine rings is 1. The molecule has 2 aromatic rings. The fourth-order valence-electron chi connectivity index (χ4n) is 1.53. The van der Waals surface area contributed by atoms with Gasteiger partial charge in [0.05, 0.1) is 12.8 Å². The summed E-state index contributed by atoms with van der Waals surface area (Å²) in [6.07, 6.45) is 0. The van der Waals surface area contributed by atoms with Gasteiger partial charge < -0.3 is 14.9 Å². The molecule has 2 N–H and O–H groups in total. The lowest BCUT2D eigenvalue weighted by Crippen LogP contribution is -2.01. The van der Waals surface area contributed by atoms with Crippen molar-refractivity contribution in [1.29, 1.82) is 0 Å². The van der Waals surface area contributed by atoms with Crippen LogP contribution in [-0.2, 0) is 0 Å². The summed E-state index contributed by atoms with van der Waals surface area (Å²) in [5, 5.41) is 18.2. The molecule has 0 unspecified atom stereocenters. The summed E-state index contributed by atoms with van der Waals surface area (Å²) >= 11 is 0. The molecule has 0 bridgehead atoms. The second-order valence-corrected chi connectivity index (χ2v) is 3.60. The minimum absolute atomic E-state index is 0.347. The van der Waals surface area contributed by atoms with Crippen LogP contribution in [0.5, 0.6) is 11.5 Å². The van der Waals surface area contributed by atoms with Crippen LogP contribution in [0.3, 0.4) is 0 Å². The number of carboxylic acid groups (broad SMARTS) is 1. The van der Waals surface area contributed by atoms with E-state index in [1.165, 1.54) is 6.07 Å². The van der Waals surface area contributed by atoms with Crippen LogP contribution < -0.4 is 4.74 Å². The van der Waals surface area contributed by atoms with E-state index in [2.05, 4.69) is 4.98 Å². The van der Waals surface area contributed by atoms with Crippen molar-refractivity contribution in [2.24, 2.45) is 0 Å². The molecular weight excluding hydrogens is 234 g/mol. The van der Waals surface area contributed by atoms with E-state index in [1.54, 1.807) is 37.4 Å². The van der Waals surface area contributed by atoms with E-state index in [0.29, 0.717) is 11.4 Å². The minimum atomic E-state index is -1.26. The van der Waals surface area contributed by atoms with Crippen LogP contribution in [-0.4, -0.2) is 28.3 Å². The summed E-state index contributed by atoms with van der Waals surface area (Å²) in [6, 6.07) is 9.92. The van der Waals surface area contributed by atoms with Crippen molar-refractivity contribution in [1.82, 2.24) is 4.98 Å². The normalized spacial score (nSPS) is 10.1. The third-order valence-corrected chi connectivity index (χ3v) is 2.46. The Labute approximate surface area is 103 Å². The third kappa shape index (κ3) is 2.24. The highest BCUT2D eigenvalue weighted by molar-refractivity contribution is 5.89. The fraction of sp³-hybridized carbons (Fsp3) is 0.0769. The van der Waals surface area contributed by atoms with Gasteiger partial charge in [-0.2, -0.15) is 0 Å². The lowest BCUT2D eigenvalue weighted by atomic mass is 10.1. The SMILES string of the molecule is COc1ccc(-c2ccc(O)c(C(=O)O)n2)cc1. The molecule has 5 nitrogen and oxygen atoms in total. The molecule has 1 aromatic heterocycles. The van der Waals surface area contributed by atoms with E-state index in [-0.39, 0.29) is 11.4 Å². The van der Waals surface area contributed by atoms with Gasteiger partial charge in [-0.3, -0.25) is 0 Å². The van der Waals surface area contributed by atoms with Gasteiger partial charge in [-0.1, -0.05) is 0 Å². The lowest BCUT2D eigenvalue weighted by Gasteiger charge is -2.05. The highest BCUT2D eigenvalue weighted by atomic mass is 16.5. The zero-order chi connectivity index (χ0) is 13.1. The Morgan fingerprint density at radius 1 is 1.17 bits per heavy atom. The van der Waals surface area contributed by atoms with Crippen molar-refractivity contribution in [3.8, 4) is 22.8 Å². The number of methoxy groups -OCH3 is 1. The van der Waals surface area contributed by atoms with Crippen LogP contribution in [0.4, 0.5) is 0 Å². The number of rotatable bonds is 3. The molecule has 0 saturated heterocycles. The van der Waals surface area contributed by atoms with Gasteiger partial charge in [-0.15, -0.1) is 0 Å². The molecule has 2 rings (SSSR count). The first-order valence-electron chi connectivity index (χ1n) is 5.19. The fourth-order valence-corrected chi connectivity index (χ4v) is 1.53. The quantitative estimate of drug-likeness (QED) is 0.866. The Hall–Kier alpha value is -2.56. The summed E-state index contributed by atoms with van der Waals surface area (Å²) < 4.78 is 5.03. The number of aromatic hydroxyl groups is 1. The Morgan fingerprint density at radius 2 is 1.83 bits per heavy atom. The van der Waals surface area contributed by atoms with E-state index in [0.717, 1.165) is 5.56 Å². The summed E-state index contributed by atoms with van der Waals surface area (Å²) in [6.45, 7) is 0. The van der Waals surface area contributed by atoms with Gasteiger partial charge in [-0.05, 0) is 36.4 Å². The van der Waals surface area contributed by atoms with Crippen LogP contribution in [0.1, 0.15) is 10.5 Å². The molecule has 0 aliphatic carbocycles. The summed E-state index contributed by atoms with van der Waals surface area (Å²) in [7, 11) is 1.57. The van der Waals surface area contributed by atoms with Crippen molar-refractivity contribution in [2.75, 3.05) is 7.11 Å². The Balaban J connectivity index is 2.44. The van der Waals surface area contributed by atoms with Crippen LogP contribution >= 0.6 is 0 Å². The first kappa shape index (κ1) is 11.9. The molecule has 18 heavy (non-hydrogen) atoms. The molecule has 0 aliphatic rings. The van der Waals surface area contributed by atoms with Gasteiger partial charge in [0.25, 0.3) is 0 Å². The van der Waals surface area contributed by atoms with E-state index < -0.39 is 5.97 Å². The highest BCUT2D eigenvalue weighted by Gasteiger charge is 2.12. The standard InChI is InChI=1S/C13H11NO4/c1-18-9-4-2-8(3-5-9)10-6-7-11(15)12(14-10)13(16)17/h2-7,15H,1H3,(H,16,17). The van der Waals surface area contributed by atoms with E-state index in [1.807, 2.05) is 0 Å². The summed E-state index contributed by atoms with van der Waals surface area (Å²) in [4.78, 5) is 14.8. The van der Waals surface area contributed by atoms with Crippen molar-refractivity contribution >= 4 is 5.97 Å². The zero-order valence-electron chi connectivity index (χ0n) is 9.62. The molecule has 0 atom stereocenters. The third-order valence-electron chi connectivity index (χ3n) is 2.46. The molecule has 1 heterocycles. The molecule has 0 spiro atoms. The molecular formula is C13H11NO4. The van der Waals surface area contributed by atoms with Gasteiger partial charge in [0.15, 0.2) is 5.69 Å². The molecule has 5 heteroatoms. The first-order chi connectivity index (χ1) is 8.61. The second kappa shape index (κ2) is 4.75. The Bertz CT molecular complexity index is 578. The van der Waals surface area contributed by atoms with Crippen LogP contribution in [0.2, 0.25) is 0 Å². The van der Waals surface area contributed by atoms with Crippen LogP contribution in [0, 0.1) is 0 Å². The second-order valence-electron chi connectivity index (χ2n) is 3.60. The molecule has 92 valence electrons. The van der Waals surface area contributed by atoms with Gasteiger partial charge in [-0.25, -0.2) is 9.78 Å². The van der Waals surface area contributed by atoms with Crippen LogP contribution in [0.25, 0.3) is 11.3 Å². The smallest absolute Gasteiger partial charge is 0.358 e. The van der Waals surface area contributed by atoms with Gasteiger partial charge in [0.1, 0.15) is 11.5 Å². The van der Waals surface area contributed by atoms with Crippen molar-refractivity contribution in [3.63, 3.8) is 0 Å². The average molecular weight is 245 g/mol. The molecule has 0 amide bonds. The minimum Gasteiger partial charge on any atom is -0.505 e. The molecule has 1 aromatic carbocycles.